The van der Waals surface area contributed by atoms with Crippen LogP contribution < -0.4 is 5.56 Å². The lowest BCUT2D eigenvalue weighted by molar-refractivity contribution is 0.0688. The highest BCUT2D eigenvalue weighted by Crippen LogP contribution is 2.39. The van der Waals surface area contributed by atoms with Gasteiger partial charge in [-0.05, 0) is 18.8 Å². The molecule has 1 aliphatic carbocycles. The number of aromatic amines is 1. The van der Waals surface area contributed by atoms with Crippen LogP contribution in [-0.4, -0.2) is 20.9 Å². The van der Waals surface area contributed by atoms with Crippen LogP contribution in [-0.2, 0) is 7.05 Å². The number of hydrogen-bond acceptors (Lipinski definition) is 2. The zero-order chi connectivity index (χ0) is 9.59. The van der Waals surface area contributed by atoms with Crippen molar-refractivity contribution in [3.63, 3.8) is 0 Å². The second-order valence-electron chi connectivity index (χ2n) is 3.34. The maximum Gasteiger partial charge on any atom is 0.354 e. The number of carboxylic acids is 1. The number of nitrogens with one attached hydrogen (secondary N) is 1. The van der Waals surface area contributed by atoms with Crippen molar-refractivity contribution in [2.75, 3.05) is 0 Å². The topological polar surface area (TPSA) is 75.1 Å². The lowest BCUT2D eigenvalue weighted by Crippen LogP contribution is -2.14. The van der Waals surface area contributed by atoms with E-state index in [0.717, 1.165) is 12.8 Å². The fourth-order valence-electron chi connectivity index (χ4n) is 1.48. The summed E-state index contributed by atoms with van der Waals surface area (Å²) in [5, 5.41) is 11.3. The number of hydrogen-bond donors (Lipinski definition) is 2. The molecule has 1 fully saturated rings. The summed E-state index contributed by atoms with van der Waals surface area (Å²) in [5.41, 5.74) is 0.282. The summed E-state index contributed by atoms with van der Waals surface area (Å²) in [6.07, 6.45) is 1.85. The van der Waals surface area contributed by atoms with E-state index in [2.05, 4.69) is 5.10 Å². The Morgan fingerprint density at radius 2 is 2.23 bits per heavy atom. The summed E-state index contributed by atoms with van der Waals surface area (Å²) in [5.74, 6) is -0.893. The largest absolute Gasteiger partial charge is 0.477 e. The Morgan fingerprint density at radius 1 is 1.62 bits per heavy atom. The summed E-state index contributed by atoms with van der Waals surface area (Å²) in [4.78, 5) is 22.2. The molecule has 2 N–H and O–H groups in total. The van der Waals surface area contributed by atoms with Gasteiger partial charge in [0.05, 0.1) is 5.56 Å². The van der Waals surface area contributed by atoms with E-state index < -0.39 is 5.97 Å². The van der Waals surface area contributed by atoms with E-state index in [-0.39, 0.29) is 17.2 Å². The van der Waals surface area contributed by atoms with Crippen LogP contribution in [0.4, 0.5) is 0 Å². The lowest BCUT2D eigenvalue weighted by Gasteiger charge is -1.91. The first-order valence-electron chi connectivity index (χ1n) is 4.13. The Hall–Kier alpha value is -1.52. The maximum atomic E-state index is 11.4. The van der Waals surface area contributed by atoms with Gasteiger partial charge in [-0.1, -0.05) is 0 Å². The van der Waals surface area contributed by atoms with Crippen molar-refractivity contribution in [1.82, 2.24) is 9.78 Å². The molecule has 0 atom stereocenters. The number of aryl methyl sites for hydroxylation is 1. The lowest BCUT2D eigenvalue weighted by atomic mass is 10.1. The molecule has 1 aliphatic rings. The first-order valence-corrected chi connectivity index (χ1v) is 4.13. The van der Waals surface area contributed by atoms with Crippen LogP contribution in [0.5, 0.6) is 0 Å². The van der Waals surface area contributed by atoms with Crippen molar-refractivity contribution in [2.24, 2.45) is 7.05 Å². The van der Waals surface area contributed by atoms with Gasteiger partial charge >= 0.3 is 5.97 Å². The van der Waals surface area contributed by atoms with Crippen LogP contribution in [0.25, 0.3) is 0 Å². The monoisotopic (exact) mass is 182 g/mol. The third-order valence-corrected chi connectivity index (χ3v) is 2.28. The van der Waals surface area contributed by atoms with E-state index in [1.54, 1.807) is 0 Å². The van der Waals surface area contributed by atoms with Crippen LogP contribution in [0.2, 0.25) is 0 Å². The summed E-state index contributed by atoms with van der Waals surface area (Å²) >= 11 is 0. The van der Waals surface area contributed by atoms with Gasteiger partial charge in [-0.2, -0.15) is 0 Å². The van der Waals surface area contributed by atoms with Crippen molar-refractivity contribution in [3.05, 3.63) is 21.6 Å². The zero-order valence-corrected chi connectivity index (χ0v) is 7.20. The summed E-state index contributed by atoms with van der Waals surface area (Å²) in [6.45, 7) is 0. The molecule has 0 radical (unpaired) electrons. The predicted molar refractivity (Wildman–Crippen MR) is 45.0 cm³/mol. The molecular weight excluding hydrogens is 172 g/mol. The van der Waals surface area contributed by atoms with Crippen molar-refractivity contribution in [1.29, 1.82) is 0 Å². The zero-order valence-electron chi connectivity index (χ0n) is 7.20. The van der Waals surface area contributed by atoms with Gasteiger partial charge in [-0.25, -0.2) is 4.79 Å². The number of aromatic nitrogens is 2. The van der Waals surface area contributed by atoms with E-state index >= 15 is 0 Å². The molecule has 2 rings (SSSR count). The Kier molecular flexibility index (Phi) is 1.55. The second kappa shape index (κ2) is 2.48. The predicted octanol–water partition coefficient (Wildman–Crippen LogP) is 0.289. The first-order chi connectivity index (χ1) is 6.11. The molecule has 0 amide bonds. The highest BCUT2D eigenvalue weighted by Gasteiger charge is 2.33. The van der Waals surface area contributed by atoms with Gasteiger partial charge in [0.1, 0.15) is 5.69 Å². The Morgan fingerprint density at radius 3 is 2.69 bits per heavy atom. The molecule has 0 bridgehead atoms. The van der Waals surface area contributed by atoms with E-state index in [9.17, 15) is 9.59 Å². The number of carboxylic acid groups (broad SMARTS) is 1. The van der Waals surface area contributed by atoms with Gasteiger partial charge in [0, 0.05) is 7.05 Å². The third-order valence-electron chi connectivity index (χ3n) is 2.28. The standard InChI is InChI=1S/C8H10N2O3/c1-10-7(11)5(4-2-3-4)6(9-10)8(12)13/h4,9H,2-3H2,1H3,(H,12,13). The highest BCUT2D eigenvalue weighted by atomic mass is 16.4. The third kappa shape index (κ3) is 1.16. The van der Waals surface area contributed by atoms with Gasteiger partial charge in [-0.3, -0.25) is 14.6 Å². The van der Waals surface area contributed by atoms with E-state index in [4.69, 9.17) is 5.11 Å². The summed E-state index contributed by atoms with van der Waals surface area (Å²) < 4.78 is 1.22. The number of aromatic carboxylic acids is 1. The first kappa shape index (κ1) is 8.10. The SMILES string of the molecule is Cn1[nH]c(C(=O)O)c(C2CC2)c1=O. The molecule has 5 heteroatoms. The molecule has 0 aromatic carbocycles. The fourth-order valence-corrected chi connectivity index (χ4v) is 1.48. The average Bonchev–Trinajstić information content (AvgIpc) is 2.82. The summed E-state index contributed by atoms with van der Waals surface area (Å²) in [7, 11) is 1.53. The van der Waals surface area contributed by atoms with Gasteiger partial charge in [0.25, 0.3) is 5.56 Å². The van der Waals surface area contributed by atoms with Gasteiger partial charge < -0.3 is 5.11 Å². The minimum Gasteiger partial charge on any atom is -0.477 e. The summed E-state index contributed by atoms with van der Waals surface area (Å²) in [6, 6.07) is 0. The number of carbonyl (C=O) groups is 1. The quantitative estimate of drug-likeness (QED) is 0.690. The molecule has 1 saturated carbocycles. The normalized spacial score (nSPS) is 16.1. The molecule has 1 aromatic rings. The molecule has 0 saturated heterocycles. The van der Waals surface area contributed by atoms with Crippen molar-refractivity contribution < 1.29 is 9.90 Å². The van der Waals surface area contributed by atoms with Crippen molar-refractivity contribution in [3.8, 4) is 0 Å². The smallest absolute Gasteiger partial charge is 0.354 e. The Bertz CT molecular complexity index is 412. The highest BCUT2D eigenvalue weighted by molar-refractivity contribution is 5.87. The van der Waals surface area contributed by atoms with E-state index in [1.165, 1.54) is 11.7 Å². The molecular formula is C8H10N2O3. The molecule has 0 aliphatic heterocycles. The fraction of sp³-hybridized carbons (Fsp3) is 0.500. The van der Waals surface area contributed by atoms with Crippen LogP contribution in [0.3, 0.4) is 0 Å². The molecule has 0 unspecified atom stereocenters. The van der Waals surface area contributed by atoms with Gasteiger partial charge in [0.15, 0.2) is 0 Å². The number of H-pyrrole nitrogens is 1. The number of nitrogens with zero attached hydrogens (tertiary/aromatic N) is 1. The minimum absolute atomic E-state index is 0.0509. The Balaban J connectivity index is 2.61. The second-order valence-corrected chi connectivity index (χ2v) is 3.34. The molecule has 1 heterocycles. The molecule has 1 aromatic heterocycles. The van der Waals surface area contributed by atoms with Crippen LogP contribution >= 0.6 is 0 Å². The molecule has 5 nitrogen and oxygen atoms in total. The van der Waals surface area contributed by atoms with Crippen LogP contribution in [0.1, 0.15) is 34.8 Å². The average molecular weight is 182 g/mol. The molecule has 0 spiro atoms. The van der Waals surface area contributed by atoms with Crippen LogP contribution in [0.15, 0.2) is 4.79 Å². The maximum absolute atomic E-state index is 11.4. The van der Waals surface area contributed by atoms with Crippen LogP contribution in [0, 0.1) is 0 Å². The van der Waals surface area contributed by atoms with Crippen molar-refractivity contribution >= 4 is 5.97 Å². The van der Waals surface area contributed by atoms with Gasteiger partial charge in [0.2, 0.25) is 0 Å². The Labute approximate surface area is 74.0 Å². The van der Waals surface area contributed by atoms with E-state index in [1.807, 2.05) is 0 Å². The van der Waals surface area contributed by atoms with Crippen molar-refractivity contribution in [2.45, 2.75) is 18.8 Å². The minimum atomic E-state index is -1.06. The van der Waals surface area contributed by atoms with E-state index in [0.29, 0.717) is 5.56 Å². The molecule has 70 valence electrons. The number of rotatable bonds is 2. The molecule has 13 heavy (non-hydrogen) atoms. The van der Waals surface area contributed by atoms with Gasteiger partial charge in [-0.15, -0.1) is 0 Å².